The molecule has 0 saturated heterocycles. The van der Waals surface area contributed by atoms with Crippen LogP contribution in [0.4, 0.5) is 0 Å². The van der Waals surface area contributed by atoms with E-state index in [0.717, 1.165) is 17.7 Å². The van der Waals surface area contributed by atoms with Gasteiger partial charge in [0.1, 0.15) is 5.75 Å². The highest BCUT2D eigenvalue weighted by molar-refractivity contribution is 6.17. The number of halogens is 1. The molecule has 2 N–H and O–H groups in total. The molecule has 3 nitrogen and oxygen atoms in total. The van der Waals surface area contributed by atoms with Crippen molar-refractivity contribution in [1.82, 2.24) is 0 Å². The van der Waals surface area contributed by atoms with E-state index < -0.39 is 0 Å². The molecule has 14 heavy (non-hydrogen) atoms. The Kier molecular flexibility index (Phi) is 4.86. The second kappa shape index (κ2) is 6.27. The first-order chi connectivity index (χ1) is 6.86. The molecule has 0 unspecified atom stereocenters. The lowest BCUT2D eigenvalue weighted by molar-refractivity contribution is 0.318. The summed E-state index contributed by atoms with van der Waals surface area (Å²) in [5, 5.41) is 3.43. The molecule has 1 aromatic carbocycles. The Morgan fingerprint density at radius 3 is 2.64 bits per heavy atom. The smallest absolute Gasteiger partial charge is 0.119 e. The second-order valence-corrected chi connectivity index (χ2v) is 3.12. The summed E-state index contributed by atoms with van der Waals surface area (Å²) in [5.74, 6) is 6.48. The van der Waals surface area contributed by atoms with E-state index in [9.17, 15) is 0 Å². The molecule has 0 aromatic heterocycles. The zero-order chi connectivity index (χ0) is 10.2. The molecule has 0 amide bonds. The van der Waals surface area contributed by atoms with Gasteiger partial charge < -0.3 is 10.6 Å². The zero-order valence-corrected chi connectivity index (χ0v) is 8.57. The lowest BCUT2D eigenvalue weighted by atomic mass is 10.2. The van der Waals surface area contributed by atoms with E-state index in [4.69, 9.17) is 22.2 Å². The fraction of sp³-hybridized carbons (Fsp3) is 0.300. The van der Waals surface area contributed by atoms with Crippen LogP contribution in [-0.4, -0.2) is 18.7 Å². The van der Waals surface area contributed by atoms with Gasteiger partial charge in [-0.05, 0) is 36.2 Å². The maximum absolute atomic E-state index is 5.52. The number of hydrogen-bond acceptors (Lipinski definition) is 3. The number of hydrazone groups is 1. The lowest BCUT2D eigenvalue weighted by Gasteiger charge is -2.04. The molecule has 1 aromatic rings. The third-order valence-electron chi connectivity index (χ3n) is 1.65. The number of ether oxygens (including phenoxy) is 1. The summed E-state index contributed by atoms with van der Waals surface area (Å²) in [6.45, 7) is 0.647. The average molecular weight is 213 g/mol. The predicted octanol–water partition coefficient (Wildman–Crippen LogP) is 1.99. The van der Waals surface area contributed by atoms with Gasteiger partial charge in [-0.3, -0.25) is 0 Å². The van der Waals surface area contributed by atoms with Gasteiger partial charge in [0.05, 0.1) is 12.8 Å². The average Bonchev–Trinajstić information content (AvgIpc) is 2.21. The molecule has 0 aliphatic carbocycles. The summed E-state index contributed by atoms with van der Waals surface area (Å²) in [4.78, 5) is 0. The fourth-order valence-corrected chi connectivity index (χ4v) is 1.09. The molecule has 0 heterocycles. The van der Waals surface area contributed by atoms with Crippen molar-refractivity contribution in [3.8, 4) is 5.75 Å². The minimum absolute atomic E-state index is 0.623. The number of nitrogens with zero attached hydrogens (tertiary/aromatic N) is 1. The van der Waals surface area contributed by atoms with Gasteiger partial charge in [-0.25, -0.2) is 0 Å². The highest BCUT2D eigenvalue weighted by Gasteiger charge is 1.93. The number of rotatable bonds is 5. The summed E-state index contributed by atoms with van der Waals surface area (Å²) >= 11 is 5.52. The first-order valence-corrected chi connectivity index (χ1v) is 4.92. The highest BCUT2D eigenvalue weighted by atomic mass is 35.5. The Balaban J connectivity index is 2.46. The van der Waals surface area contributed by atoms with Crippen molar-refractivity contribution in [1.29, 1.82) is 0 Å². The molecule has 1 rings (SSSR count). The Labute approximate surface area is 88.5 Å². The number of nitrogens with two attached hydrogens (primary N) is 1. The van der Waals surface area contributed by atoms with E-state index in [-0.39, 0.29) is 0 Å². The van der Waals surface area contributed by atoms with E-state index >= 15 is 0 Å². The van der Waals surface area contributed by atoms with Gasteiger partial charge >= 0.3 is 0 Å². The van der Waals surface area contributed by atoms with Gasteiger partial charge in [0.15, 0.2) is 0 Å². The van der Waals surface area contributed by atoms with Gasteiger partial charge in [-0.1, -0.05) is 0 Å². The summed E-state index contributed by atoms with van der Waals surface area (Å²) < 4.78 is 5.42. The minimum Gasteiger partial charge on any atom is -0.494 e. The topological polar surface area (TPSA) is 47.6 Å². The lowest BCUT2D eigenvalue weighted by Crippen LogP contribution is -1.97. The van der Waals surface area contributed by atoms with Crippen LogP contribution in [0.2, 0.25) is 0 Å². The first-order valence-electron chi connectivity index (χ1n) is 4.39. The summed E-state index contributed by atoms with van der Waals surface area (Å²) in [6.07, 6.45) is 2.44. The van der Waals surface area contributed by atoms with Gasteiger partial charge in [-0.15, -0.1) is 11.6 Å². The van der Waals surface area contributed by atoms with Crippen LogP contribution in [-0.2, 0) is 0 Å². The number of benzene rings is 1. The van der Waals surface area contributed by atoms with Crippen molar-refractivity contribution >= 4 is 17.8 Å². The second-order valence-electron chi connectivity index (χ2n) is 2.74. The summed E-state index contributed by atoms with van der Waals surface area (Å²) in [6, 6.07) is 7.55. The molecule has 4 heteroatoms. The monoisotopic (exact) mass is 212 g/mol. The van der Waals surface area contributed by atoms with Crippen LogP contribution in [0.3, 0.4) is 0 Å². The standard InChI is InChI=1S/C10H13ClN2O/c11-6-1-7-14-10-4-2-9(3-5-10)8-13-12/h2-5,8H,1,6-7,12H2. The SMILES string of the molecule is NN=Cc1ccc(OCCCCl)cc1. The van der Waals surface area contributed by atoms with Crippen LogP contribution >= 0.6 is 11.6 Å². The van der Waals surface area contributed by atoms with E-state index in [2.05, 4.69) is 5.10 Å². The third-order valence-corrected chi connectivity index (χ3v) is 1.92. The quantitative estimate of drug-likeness (QED) is 0.267. The molecule has 0 atom stereocenters. The molecule has 0 fully saturated rings. The van der Waals surface area contributed by atoms with Crippen LogP contribution in [0.25, 0.3) is 0 Å². The highest BCUT2D eigenvalue weighted by Crippen LogP contribution is 2.11. The van der Waals surface area contributed by atoms with E-state index in [1.807, 2.05) is 24.3 Å². The van der Waals surface area contributed by atoms with E-state index in [0.29, 0.717) is 12.5 Å². The summed E-state index contributed by atoms with van der Waals surface area (Å²) in [5.41, 5.74) is 0.956. The molecular formula is C10H13ClN2O. The molecular weight excluding hydrogens is 200 g/mol. The van der Waals surface area contributed by atoms with E-state index in [1.54, 1.807) is 6.21 Å². The van der Waals surface area contributed by atoms with Crippen molar-refractivity contribution in [2.75, 3.05) is 12.5 Å². The van der Waals surface area contributed by atoms with Gasteiger partial charge in [0.25, 0.3) is 0 Å². The first kappa shape index (κ1) is 10.9. The third kappa shape index (κ3) is 3.66. The van der Waals surface area contributed by atoms with Crippen LogP contribution in [0.1, 0.15) is 12.0 Å². The van der Waals surface area contributed by atoms with Gasteiger partial charge in [0.2, 0.25) is 0 Å². The van der Waals surface area contributed by atoms with Crippen LogP contribution in [0, 0.1) is 0 Å². The van der Waals surface area contributed by atoms with Crippen molar-refractivity contribution in [2.45, 2.75) is 6.42 Å². The fourth-order valence-electron chi connectivity index (χ4n) is 0.981. The predicted molar refractivity (Wildman–Crippen MR) is 59.1 cm³/mol. The maximum Gasteiger partial charge on any atom is 0.119 e. The van der Waals surface area contributed by atoms with Crippen LogP contribution in [0.5, 0.6) is 5.75 Å². The Hall–Kier alpha value is -1.22. The largest absolute Gasteiger partial charge is 0.494 e. The Morgan fingerprint density at radius 2 is 2.07 bits per heavy atom. The van der Waals surface area contributed by atoms with Crippen LogP contribution in [0.15, 0.2) is 29.4 Å². The molecule has 0 radical (unpaired) electrons. The van der Waals surface area contributed by atoms with E-state index in [1.165, 1.54) is 0 Å². The zero-order valence-electron chi connectivity index (χ0n) is 7.82. The Morgan fingerprint density at radius 1 is 1.36 bits per heavy atom. The number of alkyl halides is 1. The number of hydrogen-bond donors (Lipinski definition) is 1. The molecule has 76 valence electrons. The minimum atomic E-state index is 0.623. The Bertz CT molecular complexity index is 285. The van der Waals surface area contributed by atoms with Gasteiger partial charge in [-0.2, -0.15) is 5.10 Å². The van der Waals surface area contributed by atoms with Crippen molar-refractivity contribution in [2.24, 2.45) is 10.9 Å². The van der Waals surface area contributed by atoms with Gasteiger partial charge in [0, 0.05) is 5.88 Å². The van der Waals surface area contributed by atoms with Crippen molar-refractivity contribution < 1.29 is 4.74 Å². The summed E-state index contributed by atoms with van der Waals surface area (Å²) in [7, 11) is 0. The normalized spacial score (nSPS) is 10.6. The molecule has 0 saturated carbocycles. The molecule has 0 aliphatic heterocycles. The van der Waals surface area contributed by atoms with Crippen molar-refractivity contribution in [3.63, 3.8) is 0 Å². The van der Waals surface area contributed by atoms with Crippen molar-refractivity contribution in [3.05, 3.63) is 29.8 Å². The molecule has 0 bridgehead atoms. The molecule has 0 aliphatic rings. The van der Waals surface area contributed by atoms with Crippen LogP contribution < -0.4 is 10.6 Å². The maximum atomic E-state index is 5.52. The molecule has 0 spiro atoms.